The van der Waals surface area contributed by atoms with E-state index in [1.165, 1.54) is 11.1 Å². The Hall–Kier alpha value is -1.39. The molecule has 4 nitrogen and oxygen atoms in total. The quantitative estimate of drug-likeness (QED) is 0.809. The van der Waals surface area contributed by atoms with Gasteiger partial charge in [-0.05, 0) is 65.7 Å². The van der Waals surface area contributed by atoms with Gasteiger partial charge >= 0.3 is 0 Å². The van der Waals surface area contributed by atoms with E-state index in [-0.39, 0.29) is 22.7 Å². The Morgan fingerprint density at radius 2 is 1.96 bits per heavy atom. The molecule has 2 aliphatic carbocycles. The zero-order valence-electron chi connectivity index (χ0n) is 16.7. The Morgan fingerprint density at radius 1 is 1.23 bits per heavy atom. The zero-order chi connectivity index (χ0) is 19.1. The SMILES string of the molecule is COCCC(=O)c1cc2c(cc1OC)[C@@]1(C)CC[C@H](O)C(C)(C)[C@@H]1CC2. The molecule has 1 fully saturated rings. The summed E-state index contributed by atoms with van der Waals surface area (Å²) < 4.78 is 10.7. The molecule has 0 saturated heterocycles. The maximum Gasteiger partial charge on any atom is 0.168 e. The molecule has 4 heteroatoms. The molecule has 0 aliphatic heterocycles. The minimum Gasteiger partial charge on any atom is -0.496 e. The van der Waals surface area contributed by atoms with Gasteiger partial charge in [0.15, 0.2) is 5.78 Å². The van der Waals surface area contributed by atoms with Crippen LogP contribution < -0.4 is 4.74 Å². The highest BCUT2D eigenvalue weighted by molar-refractivity contribution is 5.99. The van der Waals surface area contributed by atoms with Crippen molar-refractivity contribution in [1.29, 1.82) is 0 Å². The molecule has 3 rings (SSSR count). The van der Waals surface area contributed by atoms with Crippen molar-refractivity contribution in [3.8, 4) is 5.75 Å². The van der Waals surface area contributed by atoms with Gasteiger partial charge in [0.2, 0.25) is 0 Å². The fourth-order valence-corrected chi connectivity index (χ4v) is 5.43. The summed E-state index contributed by atoms with van der Waals surface area (Å²) >= 11 is 0. The van der Waals surface area contributed by atoms with E-state index in [1.54, 1.807) is 14.2 Å². The first-order valence-corrected chi connectivity index (χ1v) is 9.67. The average Bonchev–Trinajstić information content (AvgIpc) is 2.62. The van der Waals surface area contributed by atoms with Crippen LogP contribution >= 0.6 is 0 Å². The first kappa shape index (κ1) is 19.4. The van der Waals surface area contributed by atoms with Crippen LogP contribution in [0.2, 0.25) is 0 Å². The molecule has 0 spiro atoms. The van der Waals surface area contributed by atoms with Crippen molar-refractivity contribution in [2.75, 3.05) is 20.8 Å². The van der Waals surface area contributed by atoms with Gasteiger partial charge < -0.3 is 14.6 Å². The third-order valence-corrected chi connectivity index (χ3v) is 7.04. The fraction of sp³-hybridized carbons (Fsp3) is 0.682. The third kappa shape index (κ3) is 2.97. The number of hydrogen-bond donors (Lipinski definition) is 1. The molecule has 0 aromatic heterocycles. The second-order valence-corrected chi connectivity index (χ2v) is 8.76. The molecular weight excluding hydrogens is 328 g/mol. The lowest BCUT2D eigenvalue weighted by Crippen LogP contribution is -2.53. The van der Waals surface area contributed by atoms with Crippen LogP contribution in [0.1, 0.15) is 67.9 Å². The lowest BCUT2D eigenvalue weighted by Gasteiger charge is -2.56. The Kier molecular flexibility index (Phi) is 5.19. The Morgan fingerprint density at radius 3 is 2.62 bits per heavy atom. The molecule has 0 radical (unpaired) electrons. The summed E-state index contributed by atoms with van der Waals surface area (Å²) in [7, 11) is 3.24. The Bertz CT molecular complexity index is 694. The van der Waals surface area contributed by atoms with E-state index in [4.69, 9.17) is 9.47 Å². The van der Waals surface area contributed by atoms with Crippen molar-refractivity contribution in [1.82, 2.24) is 0 Å². The number of rotatable bonds is 5. The van der Waals surface area contributed by atoms with Crippen LogP contribution in [0.3, 0.4) is 0 Å². The van der Waals surface area contributed by atoms with Crippen LogP contribution in [0.25, 0.3) is 0 Å². The molecule has 144 valence electrons. The van der Waals surface area contributed by atoms with Gasteiger partial charge in [0.05, 0.1) is 25.4 Å². The summed E-state index contributed by atoms with van der Waals surface area (Å²) in [6.07, 6.45) is 3.89. The van der Waals surface area contributed by atoms with Crippen molar-refractivity contribution in [3.63, 3.8) is 0 Å². The number of methoxy groups -OCH3 is 2. The molecule has 1 N–H and O–H groups in total. The van der Waals surface area contributed by atoms with Crippen molar-refractivity contribution in [2.45, 2.75) is 64.4 Å². The highest BCUT2D eigenvalue weighted by Crippen LogP contribution is 2.57. The summed E-state index contributed by atoms with van der Waals surface area (Å²) in [5, 5.41) is 10.6. The number of aliphatic hydroxyl groups is 1. The summed E-state index contributed by atoms with van der Waals surface area (Å²) in [5.41, 5.74) is 3.13. The minimum absolute atomic E-state index is 0.0116. The molecule has 0 amide bonds. The number of Topliss-reactive ketones (excluding diaryl/α,β-unsaturated/α-hetero) is 1. The Labute approximate surface area is 156 Å². The van der Waals surface area contributed by atoms with E-state index in [1.807, 2.05) is 6.07 Å². The second kappa shape index (κ2) is 6.97. The van der Waals surface area contributed by atoms with Crippen LogP contribution in [-0.2, 0) is 16.6 Å². The normalized spacial score (nSPS) is 29.6. The van der Waals surface area contributed by atoms with Crippen LogP contribution in [0, 0.1) is 11.3 Å². The number of ether oxygens (including phenoxy) is 2. The molecule has 3 atom stereocenters. The van der Waals surface area contributed by atoms with Gasteiger partial charge in [0.25, 0.3) is 0 Å². The predicted molar refractivity (Wildman–Crippen MR) is 102 cm³/mol. The van der Waals surface area contributed by atoms with Gasteiger partial charge in [-0.1, -0.05) is 20.8 Å². The van der Waals surface area contributed by atoms with Gasteiger partial charge in [-0.3, -0.25) is 4.79 Å². The highest BCUT2D eigenvalue weighted by atomic mass is 16.5. The number of fused-ring (bicyclic) bond motifs is 3. The Balaban J connectivity index is 2.04. The number of aliphatic hydroxyl groups excluding tert-OH is 1. The molecule has 0 unspecified atom stereocenters. The maximum absolute atomic E-state index is 12.6. The summed E-state index contributed by atoms with van der Waals surface area (Å²) in [4.78, 5) is 12.6. The smallest absolute Gasteiger partial charge is 0.168 e. The molecule has 2 aliphatic rings. The van der Waals surface area contributed by atoms with Gasteiger partial charge in [0, 0.05) is 13.5 Å². The van der Waals surface area contributed by atoms with Crippen LogP contribution in [0.5, 0.6) is 5.75 Å². The van der Waals surface area contributed by atoms with Gasteiger partial charge in [0.1, 0.15) is 5.75 Å². The zero-order valence-corrected chi connectivity index (χ0v) is 16.7. The number of aryl methyl sites for hydroxylation is 1. The second-order valence-electron chi connectivity index (χ2n) is 8.76. The van der Waals surface area contributed by atoms with Crippen molar-refractivity contribution >= 4 is 5.78 Å². The van der Waals surface area contributed by atoms with Crippen LogP contribution in [0.15, 0.2) is 12.1 Å². The van der Waals surface area contributed by atoms with Crippen LogP contribution in [0.4, 0.5) is 0 Å². The van der Waals surface area contributed by atoms with Crippen LogP contribution in [-0.4, -0.2) is 37.8 Å². The first-order chi connectivity index (χ1) is 12.3. The highest BCUT2D eigenvalue weighted by Gasteiger charge is 2.53. The summed E-state index contributed by atoms with van der Waals surface area (Å²) in [6, 6.07) is 4.14. The number of hydrogen-bond acceptors (Lipinski definition) is 4. The summed E-state index contributed by atoms with van der Waals surface area (Å²) in [5.74, 6) is 1.15. The van der Waals surface area contributed by atoms with Crippen molar-refractivity contribution in [3.05, 3.63) is 28.8 Å². The van der Waals surface area contributed by atoms with Gasteiger partial charge in [-0.2, -0.15) is 0 Å². The van der Waals surface area contributed by atoms with E-state index in [2.05, 4.69) is 26.8 Å². The number of carbonyl (C=O) groups excluding carboxylic acids is 1. The minimum atomic E-state index is -0.251. The average molecular weight is 360 g/mol. The lowest BCUT2D eigenvalue weighted by molar-refractivity contribution is -0.0731. The number of ketones is 1. The monoisotopic (exact) mass is 360 g/mol. The maximum atomic E-state index is 12.6. The van der Waals surface area contributed by atoms with Crippen molar-refractivity contribution in [2.24, 2.45) is 11.3 Å². The van der Waals surface area contributed by atoms with Gasteiger partial charge in [-0.15, -0.1) is 0 Å². The molecule has 0 heterocycles. The number of benzene rings is 1. The molecule has 26 heavy (non-hydrogen) atoms. The lowest BCUT2D eigenvalue weighted by atomic mass is 9.49. The fourth-order valence-electron chi connectivity index (χ4n) is 5.43. The summed E-state index contributed by atoms with van der Waals surface area (Å²) in [6.45, 7) is 7.15. The first-order valence-electron chi connectivity index (χ1n) is 9.67. The van der Waals surface area contributed by atoms with Gasteiger partial charge in [-0.25, -0.2) is 0 Å². The number of carbonyl (C=O) groups is 1. The molecule has 0 bridgehead atoms. The van der Waals surface area contributed by atoms with E-state index >= 15 is 0 Å². The van der Waals surface area contributed by atoms with E-state index in [0.29, 0.717) is 30.3 Å². The molecule has 1 aromatic rings. The van der Waals surface area contributed by atoms with E-state index < -0.39 is 0 Å². The van der Waals surface area contributed by atoms with Crippen molar-refractivity contribution < 1.29 is 19.4 Å². The molecule has 1 aromatic carbocycles. The largest absolute Gasteiger partial charge is 0.496 e. The molecule has 1 saturated carbocycles. The predicted octanol–water partition coefficient (Wildman–Crippen LogP) is 3.92. The van der Waals surface area contributed by atoms with E-state index in [9.17, 15) is 9.90 Å². The topological polar surface area (TPSA) is 55.8 Å². The van der Waals surface area contributed by atoms with E-state index in [0.717, 1.165) is 25.7 Å². The third-order valence-electron chi connectivity index (χ3n) is 7.04. The molecular formula is C22H32O4. The standard InChI is InChI=1S/C22H32O4/c1-21(2)19-7-6-14-12-15(17(23)9-11-25-4)18(26-5)13-16(14)22(19,3)10-8-20(21)24/h12-13,19-20,24H,6-11H2,1-5H3/t19-,20-,22+/m0/s1.